The average Bonchev–Trinajstić information content (AvgIpc) is 3.13. The first-order valence-electron chi connectivity index (χ1n) is 8.38. The van der Waals surface area contributed by atoms with Crippen LogP contribution in [0.4, 0.5) is 5.13 Å². The van der Waals surface area contributed by atoms with Crippen molar-refractivity contribution in [1.82, 2.24) is 15.2 Å². The summed E-state index contributed by atoms with van der Waals surface area (Å²) < 4.78 is 12.6. The minimum atomic E-state index is -1.71. The summed E-state index contributed by atoms with van der Waals surface area (Å²) in [4.78, 5) is 56.9. The molecule has 1 aromatic heterocycles. The van der Waals surface area contributed by atoms with Crippen molar-refractivity contribution < 1.29 is 38.4 Å². The van der Waals surface area contributed by atoms with Crippen molar-refractivity contribution >= 4 is 56.7 Å². The fourth-order valence-corrected chi connectivity index (χ4v) is 5.14. The highest BCUT2D eigenvalue weighted by molar-refractivity contribution is 7.86. The molecule has 3 rings (SSSR count). The van der Waals surface area contributed by atoms with Gasteiger partial charge in [-0.05, 0) is 5.57 Å². The molecular weight excluding hydrogens is 454 g/mol. The minimum Gasteiger partial charge on any atom is -0.479 e. The maximum atomic E-state index is 12.7. The van der Waals surface area contributed by atoms with Crippen LogP contribution < -0.4 is 11.1 Å². The van der Waals surface area contributed by atoms with Crippen LogP contribution in [0.15, 0.2) is 34.5 Å². The van der Waals surface area contributed by atoms with Gasteiger partial charge < -0.3 is 26.1 Å². The van der Waals surface area contributed by atoms with Gasteiger partial charge in [-0.1, -0.05) is 17.8 Å². The lowest BCUT2D eigenvalue weighted by molar-refractivity contribution is -0.150. The number of carboxylic acids is 2. The Labute approximate surface area is 180 Å². The molecule has 1 unspecified atom stereocenters. The Morgan fingerprint density at radius 1 is 1.48 bits per heavy atom. The Balaban J connectivity index is 1.85. The first kappa shape index (κ1) is 22.1. The number of amides is 2. The summed E-state index contributed by atoms with van der Waals surface area (Å²) in [6.45, 7) is 2.64. The standard InChI is InChI=1S/C16H15N5O8S2/c1-2-6-5-31(28)14-10(13(25)21(14)11(6)15(26)27)19-12(24)9(20-29-3-8(22)23)7-4-30-16(17)18-7/h2,4,10,14H,1,3,5H2,(H2,17,18)(H,19,24)(H,22,23)(H,26,27)/b20-9+/t10-,14-,31?/m1/s1. The van der Waals surface area contributed by atoms with E-state index < -0.39 is 58.3 Å². The Morgan fingerprint density at radius 2 is 2.19 bits per heavy atom. The number of nitrogens with one attached hydrogen (secondary N) is 1. The minimum absolute atomic E-state index is 0.0288. The second kappa shape index (κ2) is 8.65. The van der Waals surface area contributed by atoms with E-state index in [0.717, 1.165) is 16.2 Å². The number of rotatable bonds is 8. The number of carbonyl (C=O) groups excluding carboxylic acids is 2. The van der Waals surface area contributed by atoms with Crippen molar-refractivity contribution in [2.45, 2.75) is 11.4 Å². The second-order valence-corrected chi connectivity index (χ2v) is 8.56. The zero-order valence-corrected chi connectivity index (χ0v) is 17.1. The fraction of sp³-hybridized carbons (Fsp3) is 0.250. The lowest BCUT2D eigenvalue weighted by atomic mass is 10.0. The summed E-state index contributed by atoms with van der Waals surface area (Å²) in [6, 6.07) is -1.30. The van der Waals surface area contributed by atoms with E-state index in [1.807, 2.05) is 0 Å². The predicted molar refractivity (Wildman–Crippen MR) is 107 cm³/mol. The molecular formula is C16H15N5O8S2. The quantitative estimate of drug-likeness (QED) is 0.196. The Hall–Kier alpha value is -3.59. The first-order valence-corrected chi connectivity index (χ1v) is 10.6. The highest BCUT2D eigenvalue weighted by atomic mass is 32.2. The number of aromatic nitrogens is 1. The van der Waals surface area contributed by atoms with E-state index in [2.05, 4.69) is 26.9 Å². The second-order valence-electron chi connectivity index (χ2n) is 6.14. The largest absolute Gasteiger partial charge is 0.479 e. The predicted octanol–water partition coefficient (Wildman–Crippen LogP) is -1.53. The van der Waals surface area contributed by atoms with E-state index in [4.69, 9.17) is 10.8 Å². The van der Waals surface area contributed by atoms with E-state index in [-0.39, 0.29) is 27.8 Å². The maximum Gasteiger partial charge on any atom is 0.352 e. The van der Waals surface area contributed by atoms with Gasteiger partial charge in [0.1, 0.15) is 22.8 Å². The molecule has 3 atom stereocenters. The fourth-order valence-electron chi connectivity index (χ4n) is 2.92. The Kier molecular flexibility index (Phi) is 6.16. The molecule has 0 aliphatic carbocycles. The number of nitrogens with two attached hydrogens (primary N) is 1. The molecule has 1 aromatic rings. The Bertz CT molecular complexity index is 1080. The first-order chi connectivity index (χ1) is 14.6. The highest BCUT2D eigenvalue weighted by Gasteiger charge is 2.57. The highest BCUT2D eigenvalue weighted by Crippen LogP contribution is 2.35. The molecule has 0 aromatic carbocycles. The number of hydrogen-bond acceptors (Lipinski definition) is 10. The van der Waals surface area contributed by atoms with Crippen molar-refractivity contribution in [2.24, 2.45) is 5.16 Å². The van der Waals surface area contributed by atoms with Gasteiger partial charge in [-0.15, -0.1) is 11.3 Å². The number of hydrogen-bond donors (Lipinski definition) is 4. The number of anilines is 1. The monoisotopic (exact) mass is 469 g/mol. The Morgan fingerprint density at radius 3 is 2.74 bits per heavy atom. The molecule has 0 saturated carbocycles. The van der Waals surface area contributed by atoms with Crippen molar-refractivity contribution in [3.63, 3.8) is 0 Å². The number of nitrogen functional groups attached to an aromatic ring is 1. The van der Waals surface area contributed by atoms with Crippen LogP contribution in [-0.2, 0) is 34.8 Å². The molecule has 5 N–H and O–H groups in total. The van der Waals surface area contributed by atoms with Crippen molar-refractivity contribution in [3.05, 3.63) is 35.0 Å². The number of carboxylic acid groups (broad SMARTS) is 2. The summed E-state index contributed by atoms with van der Waals surface area (Å²) >= 11 is 0.983. The van der Waals surface area contributed by atoms with Crippen LogP contribution in [0.25, 0.3) is 0 Å². The molecule has 0 bridgehead atoms. The number of oxime groups is 1. The summed E-state index contributed by atoms with van der Waals surface area (Å²) in [5.41, 5.74) is 4.86. The molecule has 2 aliphatic rings. The molecule has 13 nitrogen and oxygen atoms in total. The third-order valence-electron chi connectivity index (χ3n) is 4.21. The van der Waals surface area contributed by atoms with Crippen LogP contribution in [0.5, 0.6) is 0 Å². The normalized spacial score (nSPS) is 23.0. The number of aliphatic carboxylic acids is 2. The number of carbonyl (C=O) groups is 4. The topological polar surface area (TPSA) is 202 Å². The van der Waals surface area contributed by atoms with Gasteiger partial charge in [0, 0.05) is 5.38 Å². The molecule has 1 saturated heterocycles. The smallest absolute Gasteiger partial charge is 0.352 e. The van der Waals surface area contributed by atoms with Gasteiger partial charge in [0.2, 0.25) is 6.61 Å². The van der Waals surface area contributed by atoms with Crippen molar-refractivity contribution in [2.75, 3.05) is 18.1 Å². The molecule has 0 spiro atoms. The zero-order chi connectivity index (χ0) is 22.9. The summed E-state index contributed by atoms with van der Waals surface area (Å²) in [5, 5.41) is 24.3. The van der Waals surface area contributed by atoms with Crippen LogP contribution in [0.1, 0.15) is 5.69 Å². The molecule has 2 amide bonds. The molecule has 3 heterocycles. The van der Waals surface area contributed by atoms with Gasteiger partial charge in [0.15, 0.2) is 10.8 Å². The molecule has 1 fully saturated rings. The van der Waals surface area contributed by atoms with Gasteiger partial charge in [0.25, 0.3) is 11.8 Å². The van der Waals surface area contributed by atoms with Crippen LogP contribution in [-0.4, -0.2) is 77.5 Å². The number of β-lactam (4-membered cyclic amide) rings is 1. The van der Waals surface area contributed by atoms with Crippen LogP contribution in [0.2, 0.25) is 0 Å². The van der Waals surface area contributed by atoms with Crippen molar-refractivity contribution in [1.29, 1.82) is 0 Å². The molecule has 31 heavy (non-hydrogen) atoms. The van der Waals surface area contributed by atoms with Gasteiger partial charge in [-0.25, -0.2) is 14.6 Å². The third-order valence-corrected chi connectivity index (χ3v) is 6.51. The number of thiazole rings is 1. The van der Waals surface area contributed by atoms with E-state index >= 15 is 0 Å². The average molecular weight is 469 g/mol. The molecule has 2 aliphatic heterocycles. The lowest BCUT2D eigenvalue weighted by Crippen LogP contribution is -2.74. The van der Waals surface area contributed by atoms with E-state index in [9.17, 15) is 28.5 Å². The van der Waals surface area contributed by atoms with E-state index in [1.165, 1.54) is 11.5 Å². The van der Waals surface area contributed by atoms with Gasteiger partial charge in [-0.2, -0.15) is 0 Å². The summed E-state index contributed by atoms with van der Waals surface area (Å²) in [6.07, 6.45) is 1.22. The lowest BCUT2D eigenvalue weighted by Gasteiger charge is -2.48. The van der Waals surface area contributed by atoms with Crippen LogP contribution in [0, 0.1) is 0 Å². The number of allylic oxidation sites excluding steroid dienone is 1. The van der Waals surface area contributed by atoms with Gasteiger partial charge in [0.05, 0.1) is 16.6 Å². The SMILES string of the molecule is C=CC1=C(C(=O)O)N2C(=O)[C@@H](NC(=O)/C(=N/OCC(=O)O)c3csc(N)n3)[C@H]2S(=O)C1. The zero-order valence-electron chi connectivity index (χ0n) is 15.5. The van der Waals surface area contributed by atoms with Crippen molar-refractivity contribution in [3.8, 4) is 0 Å². The van der Waals surface area contributed by atoms with Gasteiger partial charge >= 0.3 is 11.9 Å². The third kappa shape index (κ3) is 4.17. The number of fused-ring (bicyclic) bond motifs is 1. The van der Waals surface area contributed by atoms with E-state index in [0.29, 0.717) is 0 Å². The molecule has 15 heteroatoms. The van der Waals surface area contributed by atoms with Gasteiger partial charge in [-0.3, -0.25) is 18.7 Å². The molecule has 164 valence electrons. The van der Waals surface area contributed by atoms with E-state index in [1.54, 1.807) is 0 Å². The van der Waals surface area contributed by atoms with Crippen LogP contribution in [0.3, 0.4) is 0 Å². The van der Waals surface area contributed by atoms with Crippen LogP contribution >= 0.6 is 11.3 Å². The summed E-state index contributed by atoms with van der Waals surface area (Å²) in [5.74, 6) is -4.64. The summed E-state index contributed by atoms with van der Waals surface area (Å²) in [7, 11) is -1.71. The maximum absolute atomic E-state index is 12.7. The number of nitrogens with zero attached hydrogens (tertiary/aromatic N) is 3. The molecule has 0 radical (unpaired) electrons.